The molecule has 0 saturated carbocycles. The molecular weight excluding hydrogens is 446 g/mol. The Morgan fingerprint density at radius 3 is 2.00 bits per heavy atom. The average Bonchev–Trinajstić information content (AvgIpc) is 2.71. The van der Waals surface area contributed by atoms with Crippen LogP contribution in [-0.4, -0.2) is 36.6 Å². The van der Waals surface area contributed by atoms with Crippen LogP contribution in [-0.2, 0) is 12.4 Å². The van der Waals surface area contributed by atoms with Gasteiger partial charge in [-0.05, 0) is 69.5 Å². The molecule has 1 aromatic carbocycles. The van der Waals surface area contributed by atoms with E-state index in [1.54, 1.807) is 13.8 Å². The van der Waals surface area contributed by atoms with Gasteiger partial charge in [0, 0.05) is 24.5 Å². The van der Waals surface area contributed by atoms with E-state index in [4.69, 9.17) is 5.26 Å². The van der Waals surface area contributed by atoms with Crippen LogP contribution in [0.1, 0.15) is 43.4 Å². The van der Waals surface area contributed by atoms with E-state index in [9.17, 15) is 26.3 Å². The van der Waals surface area contributed by atoms with Crippen molar-refractivity contribution in [1.82, 2.24) is 15.5 Å². The Morgan fingerprint density at radius 1 is 1.03 bits per heavy atom. The third-order valence-electron chi connectivity index (χ3n) is 5.43. The van der Waals surface area contributed by atoms with E-state index in [0.29, 0.717) is 25.2 Å². The quantitative estimate of drug-likeness (QED) is 0.496. The molecule has 182 valence electrons. The highest BCUT2D eigenvalue weighted by atomic mass is 19.4. The summed E-state index contributed by atoms with van der Waals surface area (Å²) < 4.78 is 78.4. The van der Waals surface area contributed by atoms with Gasteiger partial charge in [-0.15, -0.1) is 0 Å². The molecule has 1 heterocycles. The molecule has 10 heteroatoms. The van der Waals surface area contributed by atoms with E-state index >= 15 is 0 Å². The zero-order valence-electron chi connectivity index (χ0n) is 18.6. The molecule has 0 radical (unpaired) electrons. The molecule has 1 fully saturated rings. The summed E-state index contributed by atoms with van der Waals surface area (Å²) in [5, 5.41) is 15.1. The Labute approximate surface area is 189 Å². The molecular formula is C23H28F6N4. The maximum atomic E-state index is 13.1. The molecule has 0 aliphatic carbocycles. The van der Waals surface area contributed by atoms with Gasteiger partial charge in [0.05, 0.1) is 17.2 Å². The highest BCUT2D eigenvalue weighted by molar-refractivity contribution is 5.63. The highest BCUT2D eigenvalue weighted by Crippen LogP contribution is 2.37. The van der Waals surface area contributed by atoms with Crippen LogP contribution in [0.15, 0.2) is 37.1 Å². The summed E-state index contributed by atoms with van der Waals surface area (Å²) in [7, 11) is 0. The normalized spacial score (nSPS) is 16.2. The molecule has 1 aromatic rings. The summed E-state index contributed by atoms with van der Waals surface area (Å²) in [6.45, 7) is 13.6. The second-order valence-electron chi connectivity index (χ2n) is 8.84. The van der Waals surface area contributed by atoms with Gasteiger partial charge in [-0.2, -0.15) is 31.6 Å². The number of rotatable bonds is 8. The number of benzene rings is 1. The number of likely N-dealkylation sites (tertiary alicyclic amines) is 1. The van der Waals surface area contributed by atoms with Crippen LogP contribution in [0.4, 0.5) is 26.3 Å². The molecule has 0 bridgehead atoms. The molecule has 4 nitrogen and oxygen atoms in total. The van der Waals surface area contributed by atoms with Crippen LogP contribution < -0.4 is 10.6 Å². The minimum absolute atomic E-state index is 0.0188. The van der Waals surface area contributed by atoms with E-state index in [-0.39, 0.29) is 23.2 Å². The van der Waals surface area contributed by atoms with Crippen molar-refractivity contribution in [3.8, 4) is 6.07 Å². The molecule has 2 N–H and O–H groups in total. The molecule has 1 aliphatic heterocycles. The topological polar surface area (TPSA) is 51.1 Å². The van der Waals surface area contributed by atoms with E-state index in [1.807, 2.05) is 0 Å². The van der Waals surface area contributed by atoms with Gasteiger partial charge in [0.1, 0.15) is 5.54 Å². The van der Waals surface area contributed by atoms with Gasteiger partial charge in [-0.3, -0.25) is 4.90 Å². The zero-order chi connectivity index (χ0) is 25.0. The minimum atomic E-state index is -4.90. The van der Waals surface area contributed by atoms with Gasteiger partial charge >= 0.3 is 12.4 Å². The number of halogens is 6. The summed E-state index contributed by atoms with van der Waals surface area (Å²) in [4.78, 5) is 2.18. The van der Waals surface area contributed by atoms with Gasteiger partial charge in [0.2, 0.25) is 0 Å². The molecule has 0 unspecified atom stereocenters. The SMILES string of the molecule is C=C(CN1CCC(CNC(=C)c2cc(C(F)(F)F)cc(C(F)(F)F)c2)CC1)NC(C)(C)C#N. The summed E-state index contributed by atoms with van der Waals surface area (Å²) in [6, 6.07) is 3.60. The van der Waals surface area contributed by atoms with Crippen molar-refractivity contribution < 1.29 is 26.3 Å². The lowest BCUT2D eigenvalue weighted by Gasteiger charge is -2.33. The van der Waals surface area contributed by atoms with Crippen molar-refractivity contribution in [2.24, 2.45) is 5.92 Å². The summed E-state index contributed by atoms with van der Waals surface area (Å²) in [5.41, 5.74) is -2.93. The third-order valence-corrected chi connectivity index (χ3v) is 5.43. The van der Waals surface area contributed by atoms with Gasteiger partial charge in [-0.1, -0.05) is 13.2 Å². The zero-order valence-corrected chi connectivity index (χ0v) is 18.6. The highest BCUT2D eigenvalue weighted by Gasteiger charge is 2.37. The smallest absolute Gasteiger partial charge is 0.385 e. The molecule has 0 aromatic heterocycles. The van der Waals surface area contributed by atoms with E-state index in [0.717, 1.165) is 31.6 Å². The first kappa shape index (κ1) is 26.6. The largest absolute Gasteiger partial charge is 0.416 e. The fourth-order valence-electron chi connectivity index (χ4n) is 3.63. The lowest BCUT2D eigenvalue weighted by molar-refractivity contribution is -0.143. The number of alkyl halides is 6. The third kappa shape index (κ3) is 8.00. The number of hydrogen-bond acceptors (Lipinski definition) is 4. The van der Waals surface area contributed by atoms with E-state index in [1.165, 1.54) is 0 Å². The Kier molecular flexibility index (Phi) is 8.12. The number of piperidine rings is 1. The average molecular weight is 474 g/mol. The number of nitrogens with zero attached hydrogens (tertiary/aromatic N) is 2. The first-order valence-electron chi connectivity index (χ1n) is 10.4. The van der Waals surface area contributed by atoms with Crippen molar-refractivity contribution in [3.63, 3.8) is 0 Å². The molecule has 1 saturated heterocycles. The van der Waals surface area contributed by atoms with Gasteiger partial charge in [0.25, 0.3) is 0 Å². The van der Waals surface area contributed by atoms with E-state index < -0.39 is 29.0 Å². The monoisotopic (exact) mass is 474 g/mol. The Hall–Kier alpha value is -2.67. The fraction of sp³-hybridized carbons (Fsp3) is 0.522. The van der Waals surface area contributed by atoms with Gasteiger partial charge in [-0.25, -0.2) is 0 Å². The van der Waals surface area contributed by atoms with Crippen LogP contribution in [0, 0.1) is 17.2 Å². The van der Waals surface area contributed by atoms with Crippen molar-refractivity contribution in [3.05, 3.63) is 53.7 Å². The number of nitrogens with one attached hydrogen (secondary N) is 2. The first-order chi connectivity index (χ1) is 15.1. The second-order valence-corrected chi connectivity index (χ2v) is 8.84. The van der Waals surface area contributed by atoms with Gasteiger partial charge in [0.15, 0.2) is 0 Å². The van der Waals surface area contributed by atoms with Crippen LogP contribution >= 0.6 is 0 Å². The number of nitriles is 1. The van der Waals surface area contributed by atoms with Crippen LogP contribution in [0.3, 0.4) is 0 Å². The van der Waals surface area contributed by atoms with E-state index in [2.05, 4.69) is 34.8 Å². The predicted molar refractivity (Wildman–Crippen MR) is 115 cm³/mol. The molecule has 0 amide bonds. The summed E-state index contributed by atoms with van der Waals surface area (Å²) in [5.74, 6) is 0.197. The summed E-state index contributed by atoms with van der Waals surface area (Å²) >= 11 is 0. The molecule has 33 heavy (non-hydrogen) atoms. The Morgan fingerprint density at radius 2 is 1.55 bits per heavy atom. The van der Waals surface area contributed by atoms with Crippen molar-refractivity contribution >= 4 is 5.70 Å². The Bertz CT molecular complexity index is 871. The summed E-state index contributed by atoms with van der Waals surface area (Å²) in [6.07, 6.45) is -8.20. The van der Waals surface area contributed by atoms with Crippen LogP contribution in [0.5, 0.6) is 0 Å². The van der Waals surface area contributed by atoms with Crippen molar-refractivity contribution in [1.29, 1.82) is 5.26 Å². The maximum absolute atomic E-state index is 13.1. The van der Waals surface area contributed by atoms with Crippen LogP contribution in [0.2, 0.25) is 0 Å². The molecule has 0 atom stereocenters. The first-order valence-corrected chi connectivity index (χ1v) is 10.4. The molecule has 2 rings (SSSR count). The van der Waals surface area contributed by atoms with Crippen LogP contribution in [0.25, 0.3) is 5.70 Å². The predicted octanol–water partition coefficient (Wildman–Crippen LogP) is 5.40. The molecule has 0 spiro atoms. The van der Waals surface area contributed by atoms with Gasteiger partial charge < -0.3 is 10.6 Å². The minimum Gasteiger partial charge on any atom is -0.385 e. The second kappa shape index (κ2) is 10.1. The fourth-order valence-corrected chi connectivity index (χ4v) is 3.63. The lowest BCUT2D eigenvalue weighted by atomic mass is 9.96. The number of hydrogen-bond donors (Lipinski definition) is 2. The molecule has 1 aliphatic rings. The standard InChI is InChI=1S/C23H28F6N4/c1-15(32-21(3,4)14-30)13-33-7-5-17(6-8-33)12-31-16(2)18-9-19(22(24,25)26)11-20(10-18)23(27,28)29/h9-11,17,31-32H,1-2,5-8,12-13H2,3-4H3. The van der Waals surface area contributed by atoms with Crippen molar-refractivity contribution in [2.45, 2.75) is 44.6 Å². The lowest BCUT2D eigenvalue weighted by Crippen LogP contribution is -2.43. The Balaban J connectivity index is 1.92. The van der Waals surface area contributed by atoms with Crippen molar-refractivity contribution in [2.75, 3.05) is 26.2 Å². The maximum Gasteiger partial charge on any atom is 0.416 e.